The molecule has 1 saturated heterocycles. The van der Waals surface area contributed by atoms with E-state index in [2.05, 4.69) is 10.3 Å². The first kappa shape index (κ1) is 30.3. The molecule has 3 heterocycles. The number of amides is 2. The Morgan fingerprint density at radius 1 is 1.21 bits per heavy atom. The van der Waals surface area contributed by atoms with E-state index in [4.69, 9.17) is 9.15 Å². The van der Waals surface area contributed by atoms with Gasteiger partial charge in [0.1, 0.15) is 24.6 Å². The number of esters is 1. The summed E-state index contributed by atoms with van der Waals surface area (Å²) < 4.78 is 26.3. The van der Waals surface area contributed by atoms with Gasteiger partial charge >= 0.3 is 5.97 Å². The summed E-state index contributed by atoms with van der Waals surface area (Å²) in [5.74, 6) is -2.29. The van der Waals surface area contributed by atoms with Crippen LogP contribution in [-0.4, -0.2) is 70.3 Å². The Morgan fingerprint density at radius 2 is 1.95 bits per heavy atom. The minimum atomic E-state index is -1.48. The second-order valence-electron chi connectivity index (χ2n) is 10.8. The number of hydrogen-bond donors (Lipinski definition) is 2. The molecule has 2 bridgehead atoms. The summed E-state index contributed by atoms with van der Waals surface area (Å²) in [6.45, 7) is 9.71. The van der Waals surface area contributed by atoms with Crippen LogP contribution in [0.2, 0.25) is 0 Å². The number of allylic oxidation sites excluding steroid dienone is 2. The first-order valence-corrected chi connectivity index (χ1v) is 13.6. The number of carbonyl (C=O) groups is 3. The van der Waals surface area contributed by atoms with Crippen molar-refractivity contribution in [3.63, 3.8) is 0 Å². The topological polar surface area (TPSA) is 122 Å². The maximum Gasteiger partial charge on any atom is 0.329 e. The van der Waals surface area contributed by atoms with Crippen LogP contribution in [0.5, 0.6) is 0 Å². The van der Waals surface area contributed by atoms with Gasteiger partial charge in [0.05, 0.1) is 12.5 Å². The van der Waals surface area contributed by atoms with E-state index < -0.39 is 42.2 Å². The van der Waals surface area contributed by atoms with Crippen LogP contribution in [0.3, 0.4) is 0 Å². The van der Waals surface area contributed by atoms with Crippen molar-refractivity contribution < 1.29 is 33.0 Å². The molecule has 0 aliphatic carbocycles. The lowest BCUT2D eigenvalue weighted by Gasteiger charge is -2.29. The quantitative estimate of drug-likeness (QED) is 0.518. The zero-order chi connectivity index (χ0) is 28.7. The van der Waals surface area contributed by atoms with E-state index in [1.54, 1.807) is 38.2 Å². The molecule has 3 rings (SSSR count). The molecule has 2 N–H and O–H groups in total. The van der Waals surface area contributed by atoms with Crippen LogP contribution in [0.15, 0.2) is 46.6 Å². The largest absolute Gasteiger partial charge is 0.460 e. The van der Waals surface area contributed by atoms with E-state index >= 15 is 4.39 Å². The van der Waals surface area contributed by atoms with E-state index in [1.165, 1.54) is 17.2 Å². The van der Waals surface area contributed by atoms with Gasteiger partial charge in [0, 0.05) is 24.9 Å². The highest BCUT2D eigenvalue weighted by Gasteiger charge is 2.39. The normalized spacial score (nSPS) is 30.9. The maximum atomic E-state index is 15.0. The molecule has 10 heteroatoms. The average Bonchev–Trinajstić information content (AvgIpc) is 3.56. The van der Waals surface area contributed by atoms with E-state index in [9.17, 15) is 19.5 Å². The minimum absolute atomic E-state index is 0.00732. The smallest absolute Gasteiger partial charge is 0.329 e. The van der Waals surface area contributed by atoms with Crippen LogP contribution in [0.4, 0.5) is 4.39 Å². The van der Waals surface area contributed by atoms with Crippen molar-refractivity contribution in [2.24, 2.45) is 17.8 Å². The highest BCUT2D eigenvalue weighted by molar-refractivity contribution is 5.95. The molecule has 1 aromatic heterocycles. The average molecular weight is 546 g/mol. The summed E-state index contributed by atoms with van der Waals surface area (Å²) in [6, 6.07) is -0.772. The predicted octanol–water partition coefficient (Wildman–Crippen LogP) is 3.55. The molecule has 214 valence electrons. The van der Waals surface area contributed by atoms with Crippen LogP contribution in [0, 0.1) is 17.8 Å². The van der Waals surface area contributed by atoms with Gasteiger partial charge in [-0.25, -0.2) is 14.2 Å². The minimum Gasteiger partial charge on any atom is -0.460 e. The molecule has 1 fully saturated rings. The summed E-state index contributed by atoms with van der Waals surface area (Å²) in [5.41, 5.74) is 0.705. The summed E-state index contributed by atoms with van der Waals surface area (Å²) in [7, 11) is 0. The van der Waals surface area contributed by atoms with Gasteiger partial charge in [0.2, 0.25) is 5.91 Å². The van der Waals surface area contributed by atoms with E-state index in [1.807, 2.05) is 20.8 Å². The van der Waals surface area contributed by atoms with Crippen molar-refractivity contribution in [2.45, 2.75) is 78.3 Å². The molecule has 2 aliphatic heterocycles. The Morgan fingerprint density at radius 3 is 2.67 bits per heavy atom. The third kappa shape index (κ3) is 8.11. The standard InChI is InChI=1S/C29H40FN3O6/c1-17(2)27-19(4)10-11-25(35)31-12-6-8-18(3)14-24(34)20(5)21(30)15-26-32-22(16-38-26)28(36)33-13-7-9-23(33)29(37)39-27/h6,8,10-11,14,16-17,19-21,23-24,27,34H,7,9,12-13,15H2,1-5H3,(H,31,35)/b8-6?,11-10+,18-14?. The van der Waals surface area contributed by atoms with Gasteiger partial charge < -0.3 is 24.5 Å². The number of aliphatic hydroxyl groups is 1. The van der Waals surface area contributed by atoms with Gasteiger partial charge in [0.15, 0.2) is 11.6 Å². The SMILES string of the molecule is CC1=CC(O)C(C)C(F)Cc2nc(co2)C(=O)N2CCCC2C(=O)OC(C(C)C)C(C)/C=C/C(=O)NCC=C1. The van der Waals surface area contributed by atoms with Gasteiger partial charge in [-0.15, -0.1) is 0 Å². The summed E-state index contributed by atoms with van der Waals surface area (Å²) in [4.78, 5) is 44.3. The molecular weight excluding hydrogens is 505 g/mol. The molecule has 0 aromatic carbocycles. The third-order valence-electron chi connectivity index (χ3n) is 7.22. The number of nitrogens with zero attached hydrogens (tertiary/aromatic N) is 2. The molecule has 2 amide bonds. The number of cyclic esters (lactones) is 1. The molecular formula is C29H40FN3O6. The number of alkyl halides is 1. The van der Waals surface area contributed by atoms with E-state index in [0.717, 1.165) is 0 Å². The van der Waals surface area contributed by atoms with Crippen molar-refractivity contribution in [3.8, 4) is 0 Å². The first-order chi connectivity index (χ1) is 18.5. The Hall–Kier alpha value is -3.27. The lowest BCUT2D eigenvalue weighted by Crippen LogP contribution is -2.44. The number of hydrogen-bond acceptors (Lipinski definition) is 7. The Bertz CT molecular complexity index is 1110. The number of aromatic nitrogens is 1. The molecule has 2 aliphatic rings. The number of aliphatic hydroxyl groups excluding tert-OH is 1. The van der Waals surface area contributed by atoms with Crippen molar-refractivity contribution in [3.05, 3.63) is 53.8 Å². The van der Waals surface area contributed by atoms with Crippen LogP contribution < -0.4 is 5.32 Å². The van der Waals surface area contributed by atoms with Gasteiger partial charge in [0.25, 0.3) is 5.91 Å². The second kappa shape index (κ2) is 13.7. The lowest BCUT2D eigenvalue weighted by atomic mass is 9.94. The number of halogens is 1. The molecule has 0 spiro atoms. The number of nitrogens with one attached hydrogen (secondary N) is 1. The van der Waals surface area contributed by atoms with Crippen molar-refractivity contribution >= 4 is 17.8 Å². The number of oxazole rings is 1. The third-order valence-corrected chi connectivity index (χ3v) is 7.22. The van der Waals surface area contributed by atoms with E-state index in [0.29, 0.717) is 25.0 Å². The molecule has 6 atom stereocenters. The fraction of sp³-hybridized carbons (Fsp3) is 0.586. The monoisotopic (exact) mass is 545 g/mol. The second-order valence-corrected chi connectivity index (χ2v) is 10.8. The highest BCUT2D eigenvalue weighted by Crippen LogP contribution is 2.26. The van der Waals surface area contributed by atoms with Gasteiger partial charge in [-0.05, 0) is 31.8 Å². The van der Waals surface area contributed by atoms with Crippen LogP contribution in [-0.2, 0) is 20.7 Å². The van der Waals surface area contributed by atoms with Crippen molar-refractivity contribution in [1.82, 2.24) is 15.2 Å². The van der Waals surface area contributed by atoms with E-state index in [-0.39, 0.29) is 42.3 Å². The van der Waals surface area contributed by atoms with Crippen LogP contribution in [0.25, 0.3) is 0 Å². The highest BCUT2D eigenvalue weighted by atomic mass is 19.1. The fourth-order valence-electron chi connectivity index (χ4n) is 4.82. The van der Waals surface area contributed by atoms with Crippen LogP contribution >= 0.6 is 0 Å². The Kier molecular flexibility index (Phi) is 10.6. The number of fused-ring (bicyclic) bond motifs is 3. The zero-order valence-corrected chi connectivity index (χ0v) is 23.3. The Labute approximate surface area is 229 Å². The fourth-order valence-corrected chi connectivity index (χ4v) is 4.82. The molecule has 6 unspecified atom stereocenters. The number of rotatable bonds is 1. The number of ether oxygens (including phenoxy) is 1. The molecule has 9 nitrogen and oxygen atoms in total. The summed E-state index contributed by atoms with van der Waals surface area (Å²) >= 11 is 0. The molecule has 39 heavy (non-hydrogen) atoms. The predicted molar refractivity (Wildman–Crippen MR) is 143 cm³/mol. The van der Waals surface area contributed by atoms with Gasteiger partial charge in [-0.3, -0.25) is 9.59 Å². The zero-order valence-electron chi connectivity index (χ0n) is 23.3. The molecule has 0 saturated carbocycles. The summed E-state index contributed by atoms with van der Waals surface area (Å²) in [5, 5.41) is 13.3. The molecule has 0 radical (unpaired) electrons. The Balaban J connectivity index is 1.88. The van der Waals surface area contributed by atoms with Gasteiger partial charge in [-0.1, -0.05) is 57.6 Å². The molecule has 1 aromatic rings. The number of carbonyl (C=O) groups excluding carboxylic acids is 3. The van der Waals surface area contributed by atoms with Crippen molar-refractivity contribution in [1.29, 1.82) is 0 Å². The van der Waals surface area contributed by atoms with Gasteiger partial charge in [-0.2, -0.15) is 0 Å². The van der Waals surface area contributed by atoms with Crippen molar-refractivity contribution in [2.75, 3.05) is 13.1 Å². The first-order valence-electron chi connectivity index (χ1n) is 13.6. The van der Waals surface area contributed by atoms with Crippen LogP contribution in [0.1, 0.15) is 63.8 Å². The summed E-state index contributed by atoms with van der Waals surface area (Å²) in [6.07, 6.45) is 7.14. The lowest BCUT2D eigenvalue weighted by molar-refractivity contribution is -0.158. The maximum absolute atomic E-state index is 15.0.